The lowest BCUT2D eigenvalue weighted by atomic mass is 10.2. The number of halogens is 4. The number of esters is 1. The third-order valence-electron chi connectivity index (χ3n) is 2.80. The molecule has 1 aromatic heterocycles. The van der Waals surface area contributed by atoms with Crippen LogP contribution in [-0.4, -0.2) is 15.7 Å². The van der Waals surface area contributed by atoms with Crippen LogP contribution in [-0.2, 0) is 29.4 Å². The number of hydrogen-bond acceptors (Lipinski definition) is 4. The molecule has 9 heteroatoms. The maximum absolute atomic E-state index is 13.1. The monoisotopic (exact) mass is 348 g/mol. The Morgan fingerprint density at radius 2 is 1.91 bits per heavy atom. The van der Waals surface area contributed by atoms with Gasteiger partial charge in [0.05, 0.1) is 5.56 Å². The van der Waals surface area contributed by atoms with Crippen molar-refractivity contribution in [2.45, 2.75) is 19.7 Å². The van der Waals surface area contributed by atoms with Gasteiger partial charge in [-0.2, -0.15) is 18.3 Å². The van der Waals surface area contributed by atoms with Gasteiger partial charge in [0.15, 0.2) is 5.69 Å². The Labute approximate surface area is 134 Å². The van der Waals surface area contributed by atoms with Gasteiger partial charge in [-0.1, -0.05) is 11.6 Å². The molecule has 0 radical (unpaired) electrons. The Hall–Kier alpha value is -2.22. The Bertz CT molecular complexity index is 711. The van der Waals surface area contributed by atoms with E-state index in [4.69, 9.17) is 16.3 Å². The van der Waals surface area contributed by atoms with Gasteiger partial charge in [0, 0.05) is 19.0 Å². The zero-order chi connectivity index (χ0) is 17.2. The first-order valence-electron chi connectivity index (χ1n) is 6.38. The Kier molecular flexibility index (Phi) is 4.84. The molecule has 0 unspecified atom stereocenters. The molecule has 0 amide bonds. The maximum atomic E-state index is 13.1. The Balaban J connectivity index is 2.42. The smallest absolute Gasteiger partial charge is 0.435 e. The fraction of sp³-hybridized carbons (Fsp3) is 0.286. The van der Waals surface area contributed by atoms with E-state index in [0.717, 1.165) is 11.6 Å². The van der Waals surface area contributed by atoms with Gasteiger partial charge in [-0.3, -0.25) is 4.79 Å². The lowest BCUT2D eigenvalue weighted by Crippen LogP contribution is -2.11. The third-order valence-corrected chi connectivity index (χ3v) is 3.06. The number of carbonyl (C=O) groups excluding carboxylic acids is 1. The van der Waals surface area contributed by atoms with Crippen LogP contribution < -0.4 is 4.74 Å². The summed E-state index contributed by atoms with van der Waals surface area (Å²) in [6.45, 7) is 0.504. The highest BCUT2D eigenvalue weighted by Gasteiger charge is 2.40. The molecule has 2 rings (SSSR count). The van der Waals surface area contributed by atoms with Gasteiger partial charge >= 0.3 is 12.1 Å². The average molecular weight is 349 g/mol. The van der Waals surface area contributed by atoms with E-state index >= 15 is 0 Å². The summed E-state index contributed by atoms with van der Waals surface area (Å²) in [5.74, 6) is -0.601. The number of aryl methyl sites for hydroxylation is 1. The molecule has 0 saturated heterocycles. The highest BCUT2D eigenvalue weighted by Crippen LogP contribution is 2.37. The molecule has 0 atom stereocenters. The number of carbonyl (C=O) groups is 1. The van der Waals surface area contributed by atoms with E-state index in [1.807, 2.05) is 0 Å². The topological polar surface area (TPSA) is 53.3 Å². The van der Waals surface area contributed by atoms with E-state index in [0.29, 0.717) is 5.02 Å². The molecule has 0 spiro atoms. The summed E-state index contributed by atoms with van der Waals surface area (Å²) >= 11 is 5.75. The van der Waals surface area contributed by atoms with Crippen molar-refractivity contribution in [3.63, 3.8) is 0 Å². The molecule has 5 nitrogen and oxygen atoms in total. The third kappa shape index (κ3) is 4.16. The summed E-state index contributed by atoms with van der Waals surface area (Å²) in [6, 6.07) is 6.06. The van der Waals surface area contributed by atoms with Gasteiger partial charge < -0.3 is 9.47 Å². The van der Waals surface area contributed by atoms with Gasteiger partial charge in [0.2, 0.25) is 5.88 Å². The standard InChI is InChI=1S/C14H12ClF3N2O3/c1-8(21)22-7-11-12(14(16,17)18)19-20(2)13(11)23-10-5-3-9(15)4-6-10/h3-6H,7H2,1-2H3. The van der Waals surface area contributed by atoms with Crippen LogP contribution in [0.1, 0.15) is 18.2 Å². The van der Waals surface area contributed by atoms with Gasteiger partial charge in [0.1, 0.15) is 12.4 Å². The van der Waals surface area contributed by atoms with E-state index < -0.39 is 24.4 Å². The van der Waals surface area contributed by atoms with Crippen molar-refractivity contribution >= 4 is 17.6 Å². The molecule has 0 bridgehead atoms. The van der Waals surface area contributed by atoms with Crippen molar-refractivity contribution < 1.29 is 27.4 Å². The summed E-state index contributed by atoms with van der Waals surface area (Å²) in [5, 5.41) is 3.88. The molecule has 0 aliphatic rings. The highest BCUT2D eigenvalue weighted by atomic mass is 35.5. The predicted octanol–water partition coefficient (Wildman–Crippen LogP) is 3.95. The zero-order valence-electron chi connectivity index (χ0n) is 12.1. The van der Waals surface area contributed by atoms with Crippen LogP contribution in [0.25, 0.3) is 0 Å². The molecule has 0 aliphatic carbocycles. The van der Waals surface area contributed by atoms with Crippen LogP contribution in [0.4, 0.5) is 13.2 Å². The zero-order valence-corrected chi connectivity index (χ0v) is 12.9. The van der Waals surface area contributed by atoms with Gasteiger partial charge in [-0.05, 0) is 24.3 Å². The first-order valence-corrected chi connectivity index (χ1v) is 6.76. The number of nitrogens with zero attached hydrogens (tertiary/aromatic N) is 2. The van der Waals surface area contributed by atoms with Crippen molar-refractivity contribution in [1.82, 2.24) is 9.78 Å². The van der Waals surface area contributed by atoms with Crippen LogP contribution in [0.3, 0.4) is 0 Å². The second-order valence-corrected chi connectivity index (χ2v) is 5.03. The number of hydrogen-bond donors (Lipinski definition) is 0. The summed E-state index contributed by atoms with van der Waals surface area (Å²) in [6.07, 6.45) is -4.70. The lowest BCUT2D eigenvalue weighted by molar-refractivity contribution is -0.147. The molecule has 1 heterocycles. The van der Waals surface area contributed by atoms with Crippen LogP contribution in [0.5, 0.6) is 11.6 Å². The second-order valence-electron chi connectivity index (χ2n) is 4.59. The van der Waals surface area contributed by atoms with E-state index in [2.05, 4.69) is 9.84 Å². The number of benzene rings is 1. The number of aromatic nitrogens is 2. The SMILES string of the molecule is CC(=O)OCc1c(C(F)(F)F)nn(C)c1Oc1ccc(Cl)cc1. The van der Waals surface area contributed by atoms with Crippen molar-refractivity contribution in [2.75, 3.05) is 0 Å². The minimum absolute atomic E-state index is 0.166. The number of alkyl halides is 3. The number of rotatable bonds is 4. The molecule has 0 aliphatic heterocycles. The quantitative estimate of drug-likeness (QED) is 0.785. The van der Waals surface area contributed by atoms with E-state index in [1.54, 1.807) is 0 Å². The predicted molar refractivity (Wildman–Crippen MR) is 75.2 cm³/mol. The van der Waals surface area contributed by atoms with Crippen LogP contribution in [0, 0.1) is 0 Å². The summed E-state index contributed by atoms with van der Waals surface area (Å²) < 4.78 is 50.3. The summed E-state index contributed by atoms with van der Waals surface area (Å²) in [4.78, 5) is 10.9. The van der Waals surface area contributed by atoms with E-state index in [1.165, 1.54) is 31.3 Å². The molecule has 0 fully saturated rings. The van der Waals surface area contributed by atoms with E-state index in [-0.39, 0.29) is 17.2 Å². The van der Waals surface area contributed by atoms with Crippen LogP contribution in [0.2, 0.25) is 5.02 Å². The molecule has 124 valence electrons. The lowest BCUT2D eigenvalue weighted by Gasteiger charge is -2.10. The molecule has 2 aromatic rings. The van der Waals surface area contributed by atoms with Crippen molar-refractivity contribution in [3.05, 3.63) is 40.5 Å². The summed E-state index contributed by atoms with van der Waals surface area (Å²) in [5.41, 5.74) is -1.52. The first kappa shape index (κ1) is 17.1. The van der Waals surface area contributed by atoms with Crippen molar-refractivity contribution in [1.29, 1.82) is 0 Å². The number of ether oxygens (including phenoxy) is 2. The highest BCUT2D eigenvalue weighted by molar-refractivity contribution is 6.30. The van der Waals surface area contributed by atoms with Gasteiger partial charge in [-0.25, -0.2) is 4.68 Å². The van der Waals surface area contributed by atoms with Crippen molar-refractivity contribution in [2.24, 2.45) is 7.05 Å². The average Bonchev–Trinajstić information content (AvgIpc) is 2.76. The second kappa shape index (κ2) is 6.49. The summed E-state index contributed by atoms with van der Waals surface area (Å²) in [7, 11) is 1.30. The Morgan fingerprint density at radius 3 is 2.43 bits per heavy atom. The first-order chi connectivity index (χ1) is 10.7. The normalized spacial score (nSPS) is 11.4. The fourth-order valence-electron chi connectivity index (χ4n) is 1.83. The Morgan fingerprint density at radius 1 is 1.30 bits per heavy atom. The molecule has 1 aromatic carbocycles. The molecule has 0 N–H and O–H groups in total. The van der Waals surface area contributed by atoms with Crippen molar-refractivity contribution in [3.8, 4) is 11.6 Å². The fourth-order valence-corrected chi connectivity index (χ4v) is 1.95. The van der Waals surface area contributed by atoms with Crippen LogP contribution >= 0.6 is 11.6 Å². The largest absolute Gasteiger partial charge is 0.461 e. The maximum Gasteiger partial charge on any atom is 0.435 e. The van der Waals surface area contributed by atoms with Gasteiger partial charge in [0.25, 0.3) is 0 Å². The molecule has 23 heavy (non-hydrogen) atoms. The minimum Gasteiger partial charge on any atom is -0.461 e. The molecular formula is C14H12ClF3N2O3. The molecule has 0 saturated carbocycles. The van der Waals surface area contributed by atoms with Gasteiger partial charge in [-0.15, -0.1) is 0 Å². The van der Waals surface area contributed by atoms with E-state index in [9.17, 15) is 18.0 Å². The van der Waals surface area contributed by atoms with Crippen LogP contribution in [0.15, 0.2) is 24.3 Å². The minimum atomic E-state index is -4.70. The molecular weight excluding hydrogens is 337 g/mol.